The van der Waals surface area contributed by atoms with Crippen molar-refractivity contribution in [2.45, 2.75) is 6.04 Å². The van der Waals surface area contributed by atoms with Crippen molar-refractivity contribution in [3.05, 3.63) is 59.5 Å². The number of thiophene rings is 1. The van der Waals surface area contributed by atoms with E-state index in [-0.39, 0.29) is 6.04 Å². The maximum absolute atomic E-state index is 12.3. The molecule has 3 aromatic rings. The van der Waals surface area contributed by atoms with Crippen LogP contribution in [0.1, 0.15) is 11.6 Å². The number of hydrogen-bond acceptors (Lipinski definition) is 5. The molecule has 6 nitrogen and oxygen atoms in total. The minimum Gasteiger partial charge on any atom is -0.495 e. The predicted molar refractivity (Wildman–Crippen MR) is 113 cm³/mol. The number of para-hydroxylation sites is 2. The number of amides is 2. The molecule has 0 aliphatic rings. The summed E-state index contributed by atoms with van der Waals surface area (Å²) in [7, 11) is 5.42. The Kier molecular flexibility index (Phi) is 6.28. The largest absolute Gasteiger partial charge is 0.495 e. The molecule has 146 valence electrons. The van der Waals surface area contributed by atoms with Crippen LogP contribution in [0.25, 0.3) is 10.1 Å². The lowest BCUT2D eigenvalue weighted by atomic mass is 10.0. The van der Waals surface area contributed by atoms with Gasteiger partial charge in [0.05, 0.1) is 18.8 Å². The summed E-state index contributed by atoms with van der Waals surface area (Å²) in [5, 5.41) is 8.61. The molecule has 2 aromatic carbocycles. The second kappa shape index (κ2) is 8.86. The second-order valence-electron chi connectivity index (χ2n) is 6.53. The molecular weight excluding hydrogens is 374 g/mol. The summed E-state index contributed by atoms with van der Waals surface area (Å²) in [5.41, 5.74) is 1.59. The molecule has 0 fully saturated rings. The molecule has 7 heteroatoms. The quantitative estimate of drug-likeness (QED) is 0.627. The van der Waals surface area contributed by atoms with Crippen LogP contribution in [0.2, 0.25) is 0 Å². The first kappa shape index (κ1) is 19.9. The van der Waals surface area contributed by atoms with Crippen LogP contribution in [-0.2, 0) is 9.59 Å². The van der Waals surface area contributed by atoms with Crippen molar-refractivity contribution in [3.8, 4) is 5.75 Å². The molecule has 0 radical (unpaired) electrons. The normalized spacial score (nSPS) is 12.0. The topological polar surface area (TPSA) is 70.7 Å². The van der Waals surface area contributed by atoms with Gasteiger partial charge in [0.1, 0.15) is 5.75 Å². The number of carbonyl (C=O) groups is 2. The van der Waals surface area contributed by atoms with Crippen LogP contribution in [0.3, 0.4) is 0 Å². The fourth-order valence-corrected chi connectivity index (χ4v) is 4.03. The van der Waals surface area contributed by atoms with Crippen LogP contribution in [0.15, 0.2) is 53.9 Å². The van der Waals surface area contributed by atoms with Crippen molar-refractivity contribution in [3.63, 3.8) is 0 Å². The Bertz CT molecular complexity index is 984. The van der Waals surface area contributed by atoms with Crippen LogP contribution in [0, 0.1) is 0 Å². The summed E-state index contributed by atoms with van der Waals surface area (Å²) in [6.45, 7) is 0.325. The van der Waals surface area contributed by atoms with E-state index in [2.05, 4.69) is 28.1 Å². The maximum atomic E-state index is 12.3. The Morgan fingerprint density at radius 3 is 2.54 bits per heavy atom. The minimum absolute atomic E-state index is 0.0424. The molecule has 0 saturated carbocycles. The Morgan fingerprint density at radius 2 is 1.79 bits per heavy atom. The van der Waals surface area contributed by atoms with Crippen molar-refractivity contribution >= 4 is 38.9 Å². The minimum atomic E-state index is -0.725. The Hall–Kier alpha value is -2.90. The number of ether oxygens (including phenoxy) is 1. The van der Waals surface area contributed by atoms with Gasteiger partial charge in [-0.3, -0.25) is 9.59 Å². The third-order valence-electron chi connectivity index (χ3n) is 4.51. The molecule has 0 unspecified atom stereocenters. The number of nitrogens with one attached hydrogen (secondary N) is 2. The van der Waals surface area contributed by atoms with Gasteiger partial charge in [-0.05, 0) is 48.6 Å². The number of carbonyl (C=O) groups excluding carboxylic acids is 2. The summed E-state index contributed by atoms with van der Waals surface area (Å²) in [5.74, 6) is -0.908. The van der Waals surface area contributed by atoms with Crippen molar-refractivity contribution < 1.29 is 14.3 Å². The van der Waals surface area contributed by atoms with Crippen LogP contribution < -0.4 is 15.4 Å². The van der Waals surface area contributed by atoms with Crippen molar-refractivity contribution in [1.82, 2.24) is 10.2 Å². The zero-order valence-corrected chi connectivity index (χ0v) is 16.9. The molecule has 2 amide bonds. The van der Waals surface area contributed by atoms with Gasteiger partial charge in [-0.25, -0.2) is 0 Å². The maximum Gasteiger partial charge on any atom is 0.313 e. The molecule has 2 N–H and O–H groups in total. The Balaban J connectivity index is 1.68. The SMILES string of the molecule is COc1ccccc1NC(=O)C(=O)NC[C@@H](c1csc2ccccc12)N(C)C. The van der Waals surface area contributed by atoms with Crippen molar-refractivity contribution in [2.24, 2.45) is 0 Å². The number of hydrogen-bond donors (Lipinski definition) is 2. The summed E-state index contributed by atoms with van der Waals surface area (Å²) >= 11 is 1.67. The number of benzene rings is 2. The molecule has 3 rings (SSSR count). The number of methoxy groups -OCH3 is 1. The van der Waals surface area contributed by atoms with Gasteiger partial charge in [0, 0.05) is 11.2 Å². The van der Waals surface area contributed by atoms with Crippen LogP contribution in [0.4, 0.5) is 5.69 Å². The second-order valence-corrected chi connectivity index (χ2v) is 7.44. The zero-order valence-electron chi connectivity index (χ0n) is 16.1. The molecule has 1 heterocycles. The molecule has 0 aliphatic heterocycles. The highest BCUT2D eigenvalue weighted by atomic mass is 32.1. The number of likely N-dealkylation sites (N-methyl/N-ethyl adjacent to an activating group) is 1. The van der Waals surface area contributed by atoms with Gasteiger partial charge in [-0.15, -0.1) is 11.3 Å². The average molecular weight is 398 g/mol. The lowest BCUT2D eigenvalue weighted by Gasteiger charge is -2.24. The lowest BCUT2D eigenvalue weighted by molar-refractivity contribution is -0.136. The first-order valence-electron chi connectivity index (χ1n) is 8.86. The van der Waals surface area contributed by atoms with Gasteiger partial charge in [-0.2, -0.15) is 0 Å². The fraction of sp³-hybridized carbons (Fsp3) is 0.238. The monoisotopic (exact) mass is 397 g/mol. The van der Waals surface area contributed by atoms with Crippen LogP contribution in [-0.4, -0.2) is 44.5 Å². The molecule has 1 aromatic heterocycles. The van der Waals surface area contributed by atoms with E-state index < -0.39 is 11.8 Å². The van der Waals surface area contributed by atoms with E-state index in [1.807, 2.05) is 31.1 Å². The number of nitrogens with zero attached hydrogens (tertiary/aromatic N) is 1. The van der Waals surface area contributed by atoms with E-state index in [1.165, 1.54) is 17.2 Å². The van der Waals surface area contributed by atoms with Gasteiger partial charge in [0.15, 0.2) is 0 Å². The van der Waals surface area contributed by atoms with E-state index >= 15 is 0 Å². The lowest BCUT2D eigenvalue weighted by Crippen LogP contribution is -2.40. The first-order chi connectivity index (χ1) is 13.5. The highest BCUT2D eigenvalue weighted by Crippen LogP contribution is 2.32. The van der Waals surface area contributed by atoms with Crippen molar-refractivity contribution in [2.75, 3.05) is 33.1 Å². The van der Waals surface area contributed by atoms with Gasteiger partial charge < -0.3 is 20.3 Å². The highest BCUT2D eigenvalue weighted by molar-refractivity contribution is 7.17. The van der Waals surface area contributed by atoms with E-state index in [1.54, 1.807) is 35.6 Å². The van der Waals surface area contributed by atoms with E-state index in [4.69, 9.17) is 4.74 Å². The van der Waals surface area contributed by atoms with E-state index in [0.717, 1.165) is 5.56 Å². The number of anilines is 1. The summed E-state index contributed by atoms with van der Waals surface area (Å²) in [6, 6.07) is 15.1. The zero-order chi connectivity index (χ0) is 20.1. The first-order valence-corrected chi connectivity index (χ1v) is 9.74. The van der Waals surface area contributed by atoms with Gasteiger partial charge in [-0.1, -0.05) is 30.3 Å². The summed E-state index contributed by atoms with van der Waals surface area (Å²) in [4.78, 5) is 26.6. The van der Waals surface area contributed by atoms with Gasteiger partial charge in [0.2, 0.25) is 0 Å². The molecule has 1 atom stereocenters. The number of fused-ring (bicyclic) bond motifs is 1. The number of rotatable bonds is 6. The van der Waals surface area contributed by atoms with Gasteiger partial charge in [0.25, 0.3) is 0 Å². The molecule has 28 heavy (non-hydrogen) atoms. The van der Waals surface area contributed by atoms with E-state index in [0.29, 0.717) is 18.0 Å². The van der Waals surface area contributed by atoms with E-state index in [9.17, 15) is 9.59 Å². The molecule has 0 bridgehead atoms. The molecule has 0 aliphatic carbocycles. The van der Waals surface area contributed by atoms with Crippen LogP contribution >= 0.6 is 11.3 Å². The summed E-state index contributed by atoms with van der Waals surface area (Å²) < 4.78 is 6.39. The predicted octanol–water partition coefficient (Wildman–Crippen LogP) is 3.27. The fourth-order valence-electron chi connectivity index (χ4n) is 3.02. The smallest absolute Gasteiger partial charge is 0.313 e. The standard InChI is InChI=1S/C21H23N3O3S/c1-24(2)17(15-13-28-19-11-7-4-8-14(15)19)12-22-20(25)21(26)23-16-9-5-6-10-18(16)27-3/h4-11,13,17H,12H2,1-3H3,(H,22,25)(H,23,26)/t17-/m0/s1. The Labute approximate surface area is 168 Å². The van der Waals surface area contributed by atoms with Crippen LogP contribution in [0.5, 0.6) is 5.75 Å². The van der Waals surface area contributed by atoms with Gasteiger partial charge >= 0.3 is 11.8 Å². The highest BCUT2D eigenvalue weighted by Gasteiger charge is 2.21. The molecular formula is C21H23N3O3S. The third kappa shape index (κ3) is 4.32. The summed E-state index contributed by atoms with van der Waals surface area (Å²) in [6.07, 6.45) is 0. The molecule has 0 saturated heterocycles. The third-order valence-corrected chi connectivity index (χ3v) is 5.49. The molecule has 0 spiro atoms. The van der Waals surface area contributed by atoms with Crippen molar-refractivity contribution in [1.29, 1.82) is 0 Å². The Morgan fingerprint density at radius 1 is 1.07 bits per heavy atom. The average Bonchev–Trinajstić information content (AvgIpc) is 3.12.